The van der Waals surface area contributed by atoms with Crippen LogP contribution in [0.4, 0.5) is 11.6 Å². The van der Waals surface area contributed by atoms with Crippen LogP contribution in [0.3, 0.4) is 0 Å². The zero-order valence-electron chi connectivity index (χ0n) is 12.9. The third kappa shape index (κ3) is 3.88. The fourth-order valence-electron chi connectivity index (χ4n) is 1.89. The van der Waals surface area contributed by atoms with Gasteiger partial charge in [0, 0.05) is 23.9 Å². The Labute approximate surface area is 125 Å². The Hall–Kier alpha value is -2.21. The van der Waals surface area contributed by atoms with E-state index < -0.39 is 0 Å². The van der Waals surface area contributed by atoms with Crippen LogP contribution in [0.5, 0.6) is 0 Å². The minimum absolute atomic E-state index is 0.112. The first-order valence-electron chi connectivity index (χ1n) is 6.93. The summed E-state index contributed by atoms with van der Waals surface area (Å²) in [6.45, 7) is 8.28. The quantitative estimate of drug-likeness (QED) is 0.591. The summed E-state index contributed by atoms with van der Waals surface area (Å²) in [4.78, 5) is 13.0. The summed E-state index contributed by atoms with van der Waals surface area (Å²) in [7, 11) is 0. The molecule has 0 aliphatic rings. The van der Waals surface area contributed by atoms with Gasteiger partial charge in [-0.05, 0) is 24.6 Å². The molecule has 0 aliphatic heterocycles. The molecule has 2 aromatic rings. The largest absolute Gasteiger partial charge is 0.363 e. The predicted molar refractivity (Wildman–Crippen MR) is 84.8 cm³/mol. The number of nitrogens with zero attached hydrogens (tertiary/aromatic N) is 3. The number of nitrogens with two attached hydrogens (primary N) is 1. The molecule has 2 aromatic heterocycles. The van der Waals surface area contributed by atoms with E-state index in [1.165, 1.54) is 0 Å². The maximum Gasteiger partial charge on any atom is 0.145 e. The van der Waals surface area contributed by atoms with Crippen LogP contribution in [-0.2, 0) is 5.41 Å². The lowest BCUT2D eigenvalue weighted by Gasteiger charge is -2.20. The summed E-state index contributed by atoms with van der Waals surface area (Å²) in [6, 6.07) is 5.87. The van der Waals surface area contributed by atoms with Gasteiger partial charge in [0.2, 0.25) is 0 Å². The number of nitrogen functional groups attached to an aromatic ring is 1. The number of pyridine rings is 1. The number of aromatic nitrogens is 3. The molecule has 2 heterocycles. The van der Waals surface area contributed by atoms with Crippen LogP contribution in [0.25, 0.3) is 0 Å². The van der Waals surface area contributed by atoms with E-state index in [1.54, 1.807) is 18.5 Å². The molecule has 0 aromatic carbocycles. The lowest BCUT2D eigenvalue weighted by atomic mass is 9.96. The Morgan fingerprint density at radius 2 is 1.71 bits per heavy atom. The fourth-order valence-corrected chi connectivity index (χ4v) is 1.89. The van der Waals surface area contributed by atoms with Crippen molar-refractivity contribution < 1.29 is 0 Å². The van der Waals surface area contributed by atoms with E-state index in [0.717, 1.165) is 17.2 Å². The third-order valence-corrected chi connectivity index (χ3v) is 3.12. The van der Waals surface area contributed by atoms with Gasteiger partial charge in [0.15, 0.2) is 0 Å². The first kappa shape index (κ1) is 15.2. The minimum Gasteiger partial charge on any atom is -0.363 e. The van der Waals surface area contributed by atoms with E-state index >= 15 is 0 Å². The minimum atomic E-state index is -0.150. The predicted octanol–water partition coefficient (Wildman–Crippen LogP) is 2.63. The smallest absolute Gasteiger partial charge is 0.145 e. The number of nitrogens with one attached hydrogen (secondary N) is 2. The van der Waals surface area contributed by atoms with Gasteiger partial charge in [-0.2, -0.15) is 0 Å². The van der Waals surface area contributed by atoms with Gasteiger partial charge >= 0.3 is 0 Å². The van der Waals surface area contributed by atoms with Crippen molar-refractivity contribution in [3.8, 4) is 0 Å². The van der Waals surface area contributed by atoms with Crippen LogP contribution in [0, 0.1) is 0 Å². The maximum atomic E-state index is 5.50. The van der Waals surface area contributed by atoms with Crippen molar-refractivity contribution in [2.24, 2.45) is 5.84 Å². The van der Waals surface area contributed by atoms with Gasteiger partial charge < -0.3 is 10.7 Å². The highest BCUT2D eigenvalue weighted by Gasteiger charge is 2.19. The van der Waals surface area contributed by atoms with Crippen molar-refractivity contribution >= 4 is 11.6 Å². The van der Waals surface area contributed by atoms with Crippen molar-refractivity contribution in [2.75, 3.05) is 10.7 Å². The summed E-state index contributed by atoms with van der Waals surface area (Å²) in [5.41, 5.74) is 3.58. The van der Waals surface area contributed by atoms with Crippen molar-refractivity contribution in [3.63, 3.8) is 0 Å². The van der Waals surface area contributed by atoms with E-state index in [9.17, 15) is 0 Å². The third-order valence-electron chi connectivity index (χ3n) is 3.12. The second-order valence-corrected chi connectivity index (χ2v) is 6.00. The Bertz CT molecular complexity index is 591. The number of hydrogen-bond acceptors (Lipinski definition) is 6. The molecule has 112 valence electrons. The molecule has 6 heteroatoms. The summed E-state index contributed by atoms with van der Waals surface area (Å²) in [6.07, 6.45) is 3.56. The van der Waals surface area contributed by atoms with E-state index in [0.29, 0.717) is 5.82 Å². The topological polar surface area (TPSA) is 88.8 Å². The SMILES string of the molecule is CC(Nc1cc(NN)nc(C(C)(C)C)n1)c1ccncc1. The van der Waals surface area contributed by atoms with E-state index in [-0.39, 0.29) is 11.5 Å². The van der Waals surface area contributed by atoms with Gasteiger partial charge in [-0.25, -0.2) is 15.8 Å². The first-order chi connectivity index (χ1) is 9.90. The molecule has 2 rings (SSSR count). The van der Waals surface area contributed by atoms with Crippen LogP contribution in [-0.4, -0.2) is 15.0 Å². The summed E-state index contributed by atoms with van der Waals surface area (Å²) in [5.74, 6) is 7.57. The number of anilines is 2. The standard InChI is InChI=1S/C15H22N6/c1-10(11-5-7-17-8-6-11)18-12-9-13(21-16)20-14(19-12)15(2,3)4/h5-10H,16H2,1-4H3,(H2,18,19,20,21). The Balaban J connectivity index is 2.27. The molecule has 1 atom stereocenters. The Morgan fingerprint density at radius 3 is 2.29 bits per heavy atom. The van der Waals surface area contributed by atoms with Gasteiger partial charge in [-0.3, -0.25) is 4.98 Å². The molecule has 1 unspecified atom stereocenters. The van der Waals surface area contributed by atoms with Gasteiger partial charge in [0.1, 0.15) is 17.5 Å². The molecule has 0 saturated carbocycles. The monoisotopic (exact) mass is 286 g/mol. The molecule has 0 radical (unpaired) electrons. The van der Waals surface area contributed by atoms with E-state index in [2.05, 4.69) is 53.4 Å². The maximum absolute atomic E-state index is 5.50. The van der Waals surface area contributed by atoms with Crippen LogP contribution in [0.15, 0.2) is 30.6 Å². The normalized spacial score (nSPS) is 12.8. The van der Waals surface area contributed by atoms with Gasteiger partial charge in [-0.1, -0.05) is 20.8 Å². The van der Waals surface area contributed by atoms with Crippen molar-refractivity contribution in [1.29, 1.82) is 0 Å². The van der Waals surface area contributed by atoms with Crippen LogP contribution < -0.4 is 16.6 Å². The van der Waals surface area contributed by atoms with Gasteiger partial charge in [0.05, 0.1) is 6.04 Å². The van der Waals surface area contributed by atoms with Gasteiger partial charge in [0.25, 0.3) is 0 Å². The highest BCUT2D eigenvalue weighted by Crippen LogP contribution is 2.24. The zero-order valence-corrected chi connectivity index (χ0v) is 12.9. The molecule has 0 bridgehead atoms. The summed E-state index contributed by atoms with van der Waals surface area (Å²) < 4.78 is 0. The Kier molecular flexibility index (Phi) is 4.37. The van der Waals surface area contributed by atoms with Crippen LogP contribution >= 0.6 is 0 Å². The first-order valence-corrected chi connectivity index (χ1v) is 6.93. The highest BCUT2D eigenvalue weighted by molar-refractivity contribution is 5.48. The average molecular weight is 286 g/mol. The summed E-state index contributed by atoms with van der Waals surface area (Å²) in [5, 5.41) is 3.37. The van der Waals surface area contributed by atoms with Crippen LogP contribution in [0.1, 0.15) is 45.1 Å². The zero-order chi connectivity index (χ0) is 15.5. The number of rotatable bonds is 4. The number of hydrogen-bond donors (Lipinski definition) is 3. The molecule has 6 nitrogen and oxygen atoms in total. The molecule has 0 aliphatic carbocycles. The molecule has 4 N–H and O–H groups in total. The Morgan fingerprint density at radius 1 is 1.10 bits per heavy atom. The van der Waals surface area contributed by atoms with E-state index in [1.807, 2.05) is 12.1 Å². The van der Waals surface area contributed by atoms with Crippen molar-refractivity contribution in [2.45, 2.75) is 39.2 Å². The highest BCUT2D eigenvalue weighted by atomic mass is 15.3. The molecule has 21 heavy (non-hydrogen) atoms. The van der Waals surface area contributed by atoms with E-state index in [4.69, 9.17) is 5.84 Å². The van der Waals surface area contributed by atoms with Gasteiger partial charge in [-0.15, -0.1) is 0 Å². The molecule has 0 amide bonds. The molecular formula is C15H22N6. The fraction of sp³-hybridized carbons (Fsp3) is 0.400. The van der Waals surface area contributed by atoms with Crippen LogP contribution in [0.2, 0.25) is 0 Å². The molecule has 0 fully saturated rings. The number of hydrazine groups is 1. The second-order valence-electron chi connectivity index (χ2n) is 6.00. The molecule has 0 saturated heterocycles. The van der Waals surface area contributed by atoms with Crippen molar-refractivity contribution in [1.82, 2.24) is 15.0 Å². The lowest BCUT2D eigenvalue weighted by molar-refractivity contribution is 0.546. The second kappa shape index (κ2) is 6.05. The molecule has 0 spiro atoms. The molecular weight excluding hydrogens is 264 g/mol. The lowest BCUT2D eigenvalue weighted by Crippen LogP contribution is -2.20. The summed E-state index contributed by atoms with van der Waals surface area (Å²) >= 11 is 0. The van der Waals surface area contributed by atoms with Crippen molar-refractivity contribution in [3.05, 3.63) is 42.0 Å². The average Bonchev–Trinajstić information content (AvgIpc) is 2.46.